The smallest absolute Gasteiger partial charge is 0.257 e. The minimum atomic E-state index is -0.236. The molecule has 1 N–H and O–H groups in total. The van der Waals surface area contributed by atoms with Gasteiger partial charge in [-0.05, 0) is 23.8 Å². The highest BCUT2D eigenvalue weighted by atomic mass is 35.5. The van der Waals surface area contributed by atoms with E-state index >= 15 is 0 Å². The highest BCUT2D eigenvalue weighted by Crippen LogP contribution is 2.24. The molecule has 1 saturated heterocycles. The molecule has 29 heavy (non-hydrogen) atoms. The van der Waals surface area contributed by atoms with Gasteiger partial charge in [-0.2, -0.15) is 5.10 Å². The SMILES string of the molecule is Cn1cc(-c2cncc(C(=O)Nc3ccc(CN4CCOCC4)c(Cl)c3)c2)cn1. The largest absolute Gasteiger partial charge is 0.379 e. The fourth-order valence-corrected chi connectivity index (χ4v) is 3.49. The Morgan fingerprint density at radius 3 is 2.72 bits per heavy atom. The molecule has 1 fully saturated rings. The van der Waals surface area contributed by atoms with Gasteiger partial charge in [0.05, 0.1) is 25.0 Å². The fourth-order valence-electron chi connectivity index (χ4n) is 3.25. The number of morpholine rings is 1. The maximum absolute atomic E-state index is 12.7. The van der Waals surface area contributed by atoms with Crippen molar-refractivity contribution in [2.75, 3.05) is 31.6 Å². The number of aromatic nitrogens is 3. The average Bonchev–Trinajstić information content (AvgIpc) is 3.17. The molecule has 1 aromatic carbocycles. The van der Waals surface area contributed by atoms with Crippen molar-refractivity contribution in [1.82, 2.24) is 19.7 Å². The number of hydrogen-bond acceptors (Lipinski definition) is 5. The lowest BCUT2D eigenvalue weighted by atomic mass is 10.1. The van der Waals surface area contributed by atoms with Crippen molar-refractivity contribution < 1.29 is 9.53 Å². The summed E-state index contributed by atoms with van der Waals surface area (Å²) in [5, 5.41) is 7.69. The van der Waals surface area contributed by atoms with Crippen LogP contribution in [0.2, 0.25) is 5.02 Å². The molecule has 4 rings (SSSR count). The average molecular weight is 412 g/mol. The van der Waals surface area contributed by atoms with Gasteiger partial charge in [-0.25, -0.2) is 0 Å². The van der Waals surface area contributed by atoms with Crippen LogP contribution in [0.15, 0.2) is 49.1 Å². The number of halogens is 1. The van der Waals surface area contributed by atoms with E-state index in [0.29, 0.717) is 16.3 Å². The molecule has 150 valence electrons. The van der Waals surface area contributed by atoms with E-state index in [1.807, 2.05) is 25.4 Å². The lowest BCUT2D eigenvalue weighted by molar-refractivity contribution is 0.0342. The Morgan fingerprint density at radius 1 is 1.17 bits per heavy atom. The molecule has 3 heterocycles. The van der Waals surface area contributed by atoms with Crippen molar-refractivity contribution >= 4 is 23.2 Å². The standard InChI is InChI=1S/C21H22ClN5O2/c1-26-13-18(12-24-26)16-8-17(11-23-10-16)21(28)25-19-3-2-15(20(22)9-19)14-27-4-6-29-7-5-27/h2-3,8-13H,4-7,14H2,1H3,(H,25,28). The maximum Gasteiger partial charge on any atom is 0.257 e. The second-order valence-corrected chi connectivity index (χ2v) is 7.42. The van der Waals surface area contributed by atoms with E-state index in [-0.39, 0.29) is 5.91 Å². The molecule has 8 heteroatoms. The Bertz CT molecular complexity index is 1010. The molecule has 0 bridgehead atoms. The molecule has 0 spiro atoms. The number of benzene rings is 1. The first-order chi connectivity index (χ1) is 14.1. The quantitative estimate of drug-likeness (QED) is 0.697. The third-order valence-electron chi connectivity index (χ3n) is 4.85. The summed E-state index contributed by atoms with van der Waals surface area (Å²) >= 11 is 6.45. The minimum Gasteiger partial charge on any atom is -0.379 e. The number of carbonyl (C=O) groups excluding carboxylic acids is 1. The van der Waals surface area contributed by atoms with Crippen molar-refractivity contribution in [3.8, 4) is 11.1 Å². The minimum absolute atomic E-state index is 0.236. The summed E-state index contributed by atoms with van der Waals surface area (Å²) in [6.07, 6.45) is 6.88. The summed E-state index contributed by atoms with van der Waals surface area (Å²) < 4.78 is 7.09. The number of hydrogen-bond donors (Lipinski definition) is 1. The second-order valence-electron chi connectivity index (χ2n) is 7.01. The van der Waals surface area contributed by atoms with Crippen LogP contribution in [0.3, 0.4) is 0 Å². The molecule has 7 nitrogen and oxygen atoms in total. The maximum atomic E-state index is 12.7. The first kappa shape index (κ1) is 19.6. The molecule has 1 amide bonds. The number of carbonyl (C=O) groups is 1. The van der Waals surface area contributed by atoms with Crippen LogP contribution in [0.5, 0.6) is 0 Å². The van der Waals surface area contributed by atoms with Gasteiger partial charge in [0.2, 0.25) is 0 Å². The van der Waals surface area contributed by atoms with Gasteiger partial charge >= 0.3 is 0 Å². The Morgan fingerprint density at radius 2 is 2.00 bits per heavy atom. The van der Waals surface area contributed by atoms with Crippen LogP contribution in [0.1, 0.15) is 15.9 Å². The zero-order chi connectivity index (χ0) is 20.2. The lowest BCUT2D eigenvalue weighted by Crippen LogP contribution is -2.35. The van der Waals surface area contributed by atoms with Gasteiger partial charge in [-0.3, -0.25) is 19.4 Å². The molecule has 0 atom stereocenters. The molecule has 1 aliphatic rings. The van der Waals surface area contributed by atoms with E-state index in [1.165, 1.54) is 0 Å². The number of anilines is 1. The first-order valence-electron chi connectivity index (χ1n) is 9.42. The summed E-state index contributed by atoms with van der Waals surface area (Å²) in [6, 6.07) is 7.41. The lowest BCUT2D eigenvalue weighted by Gasteiger charge is -2.27. The topological polar surface area (TPSA) is 72.3 Å². The van der Waals surface area contributed by atoms with E-state index in [9.17, 15) is 4.79 Å². The second kappa shape index (κ2) is 8.73. The highest BCUT2D eigenvalue weighted by Gasteiger charge is 2.14. The van der Waals surface area contributed by atoms with Crippen molar-refractivity contribution in [3.05, 3.63) is 65.2 Å². The first-order valence-corrected chi connectivity index (χ1v) is 9.80. The molecular formula is C21H22ClN5O2. The monoisotopic (exact) mass is 411 g/mol. The summed E-state index contributed by atoms with van der Waals surface area (Å²) in [4.78, 5) is 19.2. The Balaban J connectivity index is 1.45. The van der Waals surface area contributed by atoms with Crippen molar-refractivity contribution in [1.29, 1.82) is 0 Å². The van der Waals surface area contributed by atoms with E-state index < -0.39 is 0 Å². The van der Waals surface area contributed by atoms with Gasteiger partial charge in [-0.15, -0.1) is 0 Å². The molecule has 2 aromatic heterocycles. The van der Waals surface area contributed by atoms with Gasteiger partial charge in [0.15, 0.2) is 0 Å². The van der Waals surface area contributed by atoms with Crippen molar-refractivity contribution in [2.24, 2.45) is 7.05 Å². The molecular weight excluding hydrogens is 390 g/mol. The predicted octanol–water partition coefficient (Wildman–Crippen LogP) is 3.22. The van der Waals surface area contributed by atoms with Gasteiger partial charge in [0.1, 0.15) is 0 Å². The van der Waals surface area contributed by atoms with Gasteiger partial charge in [0, 0.05) is 67.1 Å². The number of pyridine rings is 1. The number of aryl methyl sites for hydroxylation is 1. The van der Waals surface area contributed by atoms with Crippen LogP contribution in [-0.4, -0.2) is 51.9 Å². The normalized spacial score (nSPS) is 14.7. The highest BCUT2D eigenvalue weighted by molar-refractivity contribution is 6.31. The van der Waals surface area contributed by atoms with Gasteiger partial charge in [0.25, 0.3) is 5.91 Å². The number of rotatable bonds is 5. The van der Waals surface area contributed by atoms with Gasteiger partial charge in [-0.1, -0.05) is 17.7 Å². The van der Waals surface area contributed by atoms with Crippen LogP contribution in [0.25, 0.3) is 11.1 Å². The summed E-state index contributed by atoms with van der Waals surface area (Å²) in [6.45, 7) is 4.06. The third-order valence-corrected chi connectivity index (χ3v) is 5.20. The van der Waals surface area contributed by atoms with Crippen LogP contribution >= 0.6 is 11.6 Å². The molecule has 0 saturated carbocycles. The number of ether oxygens (including phenoxy) is 1. The van der Waals surface area contributed by atoms with Gasteiger partial charge < -0.3 is 10.1 Å². The van der Waals surface area contributed by atoms with Crippen LogP contribution in [-0.2, 0) is 18.3 Å². The van der Waals surface area contributed by atoms with E-state index in [4.69, 9.17) is 16.3 Å². The van der Waals surface area contributed by atoms with E-state index in [1.54, 1.807) is 35.4 Å². The third kappa shape index (κ3) is 4.82. The predicted molar refractivity (Wildman–Crippen MR) is 112 cm³/mol. The zero-order valence-corrected chi connectivity index (χ0v) is 16.9. The van der Waals surface area contributed by atoms with Crippen LogP contribution in [0, 0.1) is 0 Å². The molecule has 3 aromatic rings. The molecule has 1 aliphatic heterocycles. The number of nitrogens with zero attached hydrogens (tertiary/aromatic N) is 4. The number of nitrogens with one attached hydrogen (secondary N) is 1. The van der Waals surface area contributed by atoms with Crippen LogP contribution < -0.4 is 5.32 Å². The molecule has 0 unspecified atom stereocenters. The Hall–Kier alpha value is -2.74. The number of amides is 1. The molecule has 0 radical (unpaired) electrons. The van der Waals surface area contributed by atoms with Crippen molar-refractivity contribution in [3.63, 3.8) is 0 Å². The summed E-state index contributed by atoms with van der Waals surface area (Å²) in [7, 11) is 1.85. The van der Waals surface area contributed by atoms with E-state index in [0.717, 1.165) is 49.5 Å². The summed E-state index contributed by atoms with van der Waals surface area (Å²) in [5.41, 5.74) is 3.90. The Labute approximate surface area is 174 Å². The Kier molecular flexibility index (Phi) is 5.89. The fraction of sp³-hybridized carbons (Fsp3) is 0.286. The zero-order valence-electron chi connectivity index (χ0n) is 16.1. The van der Waals surface area contributed by atoms with Crippen LogP contribution in [0.4, 0.5) is 5.69 Å². The molecule has 0 aliphatic carbocycles. The summed E-state index contributed by atoms with van der Waals surface area (Å²) in [5.74, 6) is -0.236. The van der Waals surface area contributed by atoms with Crippen molar-refractivity contribution in [2.45, 2.75) is 6.54 Å². The van der Waals surface area contributed by atoms with E-state index in [2.05, 4.69) is 20.3 Å².